The molecular weight excluding hydrogens is 192 g/mol. The minimum atomic E-state index is -0.264. The number of likely N-dealkylation sites (tertiary alicyclic amines) is 1. The maximum atomic E-state index is 11.9. The SMILES string of the molecule is CCC(OC)C(=O)N1CCC(CN)CC1. The Kier molecular flexibility index (Phi) is 5.05. The summed E-state index contributed by atoms with van der Waals surface area (Å²) < 4.78 is 5.15. The Bertz CT molecular complexity index is 197. The molecule has 0 aromatic carbocycles. The fraction of sp³-hybridized carbons (Fsp3) is 0.909. The quantitative estimate of drug-likeness (QED) is 0.746. The summed E-state index contributed by atoms with van der Waals surface area (Å²) in [5.41, 5.74) is 5.61. The maximum absolute atomic E-state index is 11.9. The molecule has 88 valence electrons. The molecule has 1 heterocycles. The van der Waals surface area contributed by atoms with Crippen molar-refractivity contribution in [2.24, 2.45) is 11.7 Å². The molecular formula is C11H22N2O2. The third-order valence-corrected chi connectivity index (χ3v) is 3.19. The predicted octanol–water partition coefficient (Wildman–Crippen LogP) is 0.609. The molecule has 1 saturated heterocycles. The summed E-state index contributed by atoms with van der Waals surface area (Å²) in [5, 5.41) is 0. The first-order valence-electron chi connectivity index (χ1n) is 5.74. The van der Waals surface area contributed by atoms with E-state index in [0.29, 0.717) is 5.92 Å². The molecule has 1 fully saturated rings. The minimum Gasteiger partial charge on any atom is -0.372 e. The van der Waals surface area contributed by atoms with Gasteiger partial charge in [0.15, 0.2) is 0 Å². The van der Waals surface area contributed by atoms with E-state index >= 15 is 0 Å². The first-order chi connectivity index (χ1) is 7.22. The molecule has 2 N–H and O–H groups in total. The molecule has 1 amide bonds. The zero-order valence-electron chi connectivity index (χ0n) is 9.74. The number of carbonyl (C=O) groups excluding carboxylic acids is 1. The Hall–Kier alpha value is -0.610. The van der Waals surface area contributed by atoms with Crippen LogP contribution in [0.25, 0.3) is 0 Å². The number of ether oxygens (including phenoxy) is 1. The van der Waals surface area contributed by atoms with E-state index in [-0.39, 0.29) is 12.0 Å². The lowest BCUT2D eigenvalue weighted by molar-refractivity contribution is -0.143. The second-order valence-corrected chi connectivity index (χ2v) is 4.14. The largest absolute Gasteiger partial charge is 0.372 e. The molecule has 4 nitrogen and oxygen atoms in total. The van der Waals surface area contributed by atoms with E-state index in [4.69, 9.17) is 10.5 Å². The van der Waals surface area contributed by atoms with Gasteiger partial charge in [0.05, 0.1) is 0 Å². The Morgan fingerprint density at radius 1 is 1.53 bits per heavy atom. The average Bonchev–Trinajstić information content (AvgIpc) is 2.30. The normalized spacial score (nSPS) is 20.3. The lowest BCUT2D eigenvalue weighted by Crippen LogP contribution is -2.45. The van der Waals surface area contributed by atoms with Crippen LogP contribution in [0, 0.1) is 5.92 Å². The maximum Gasteiger partial charge on any atom is 0.251 e. The number of carbonyl (C=O) groups is 1. The molecule has 1 atom stereocenters. The van der Waals surface area contributed by atoms with E-state index < -0.39 is 0 Å². The van der Waals surface area contributed by atoms with Gasteiger partial charge >= 0.3 is 0 Å². The number of rotatable bonds is 4. The number of piperidine rings is 1. The second kappa shape index (κ2) is 6.08. The van der Waals surface area contributed by atoms with Gasteiger partial charge in [-0.05, 0) is 31.7 Å². The van der Waals surface area contributed by atoms with Crippen molar-refractivity contribution in [1.82, 2.24) is 4.90 Å². The molecule has 0 aromatic rings. The first-order valence-corrected chi connectivity index (χ1v) is 5.74. The third kappa shape index (κ3) is 3.18. The Morgan fingerprint density at radius 2 is 2.13 bits per heavy atom. The zero-order chi connectivity index (χ0) is 11.3. The van der Waals surface area contributed by atoms with Crippen LogP contribution < -0.4 is 5.73 Å². The summed E-state index contributed by atoms with van der Waals surface area (Å²) in [6, 6.07) is 0. The standard InChI is InChI=1S/C11H22N2O2/c1-3-10(15-2)11(14)13-6-4-9(8-12)5-7-13/h9-10H,3-8,12H2,1-2H3. The number of hydrogen-bond donors (Lipinski definition) is 1. The van der Waals surface area contributed by atoms with Crippen LogP contribution in [-0.2, 0) is 9.53 Å². The smallest absolute Gasteiger partial charge is 0.251 e. The van der Waals surface area contributed by atoms with Gasteiger partial charge in [-0.15, -0.1) is 0 Å². The molecule has 1 unspecified atom stereocenters. The number of nitrogens with two attached hydrogens (primary N) is 1. The molecule has 4 heteroatoms. The fourth-order valence-electron chi connectivity index (χ4n) is 2.03. The summed E-state index contributed by atoms with van der Waals surface area (Å²) in [6.07, 6.45) is 2.54. The van der Waals surface area contributed by atoms with Gasteiger partial charge in [-0.3, -0.25) is 4.79 Å². The number of nitrogens with zero attached hydrogens (tertiary/aromatic N) is 1. The van der Waals surface area contributed by atoms with Crippen LogP contribution in [0.15, 0.2) is 0 Å². The molecule has 0 aromatic heterocycles. The monoisotopic (exact) mass is 214 g/mol. The van der Waals surface area contributed by atoms with Gasteiger partial charge in [-0.25, -0.2) is 0 Å². The Balaban J connectivity index is 2.42. The molecule has 1 rings (SSSR count). The van der Waals surface area contributed by atoms with E-state index in [1.807, 2.05) is 11.8 Å². The van der Waals surface area contributed by atoms with Crippen LogP contribution in [0.1, 0.15) is 26.2 Å². The van der Waals surface area contributed by atoms with E-state index in [0.717, 1.165) is 38.9 Å². The van der Waals surface area contributed by atoms with Crippen LogP contribution in [0.4, 0.5) is 0 Å². The van der Waals surface area contributed by atoms with Crippen molar-refractivity contribution in [3.8, 4) is 0 Å². The van der Waals surface area contributed by atoms with Crippen LogP contribution >= 0.6 is 0 Å². The lowest BCUT2D eigenvalue weighted by Gasteiger charge is -2.33. The van der Waals surface area contributed by atoms with Crippen molar-refractivity contribution in [2.75, 3.05) is 26.7 Å². The fourth-order valence-corrected chi connectivity index (χ4v) is 2.03. The van der Waals surface area contributed by atoms with Crippen molar-refractivity contribution in [1.29, 1.82) is 0 Å². The molecule has 1 aliphatic rings. The van der Waals surface area contributed by atoms with Crippen LogP contribution in [0.5, 0.6) is 0 Å². The number of hydrogen-bond acceptors (Lipinski definition) is 3. The highest BCUT2D eigenvalue weighted by Gasteiger charge is 2.26. The predicted molar refractivity (Wildman–Crippen MR) is 59.4 cm³/mol. The van der Waals surface area contributed by atoms with Gasteiger partial charge in [0.25, 0.3) is 5.91 Å². The molecule has 0 spiro atoms. The summed E-state index contributed by atoms with van der Waals surface area (Å²) >= 11 is 0. The minimum absolute atomic E-state index is 0.135. The Morgan fingerprint density at radius 3 is 2.53 bits per heavy atom. The van der Waals surface area contributed by atoms with E-state index in [1.54, 1.807) is 7.11 Å². The zero-order valence-corrected chi connectivity index (χ0v) is 9.74. The lowest BCUT2D eigenvalue weighted by atomic mass is 9.97. The number of methoxy groups -OCH3 is 1. The topological polar surface area (TPSA) is 55.6 Å². The molecule has 1 aliphatic heterocycles. The Labute approximate surface area is 91.8 Å². The van der Waals surface area contributed by atoms with Crippen molar-refractivity contribution in [3.05, 3.63) is 0 Å². The highest BCUT2D eigenvalue weighted by Crippen LogP contribution is 2.17. The van der Waals surface area contributed by atoms with E-state index in [9.17, 15) is 4.79 Å². The van der Waals surface area contributed by atoms with Gasteiger partial charge in [0.2, 0.25) is 0 Å². The average molecular weight is 214 g/mol. The van der Waals surface area contributed by atoms with Crippen molar-refractivity contribution in [3.63, 3.8) is 0 Å². The van der Waals surface area contributed by atoms with Gasteiger partial charge in [-0.1, -0.05) is 6.92 Å². The van der Waals surface area contributed by atoms with E-state index in [1.165, 1.54) is 0 Å². The van der Waals surface area contributed by atoms with Crippen molar-refractivity contribution in [2.45, 2.75) is 32.3 Å². The van der Waals surface area contributed by atoms with Crippen LogP contribution in [-0.4, -0.2) is 43.7 Å². The highest BCUT2D eigenvalue weighted by atomic mass is 16.5. The first kappa shape index (κ1) is 12.5. The highest BCUT2D eigenvalue weighted by molar-refractivity contribution is 5.80. The molecule has 0 aliphatic carbocycles. The van der Waals surface area contributed by atoms with Gasteiger partial charge in [0, 0.05) is 20.2 Å². The van der Waals surface area contributed by atoms with Gasteiger partial charge < -0.3 is 15.4 Å². The van der Waals surface area contributed by atoms with Crippen molar-refractivity contribution >= 4 is 5.91 Å². The van der Waals surface area contributed by atoms with Crippen LogP contribution in [0.2, 0.25) is 0 Å². The third-order valence-electron chi connectivity index (χ3n) is 3.19. The van der Waals surface area contributed by atoms with E-state index in [2.05, 4.69) is 0 Å². The molecule has 15 heavy (non-hydrogen) atoms. The summed E-state index contributed by atoms with van der Waals surface area (Å²) in [7, 11) is 1.60. The summed E-state index contributed by atoms with van der Waals surface area (Å²) in [6.45, 7) is 4.38. The summed E-state index contributed by atoms with van der Waals surface area (Å²) in [5.74, 6) is 0.729. The van der Waals surface area contributed by atoms with Gasteiger partial charge in [0.1, 0.15) is 6.10 Å². The number of amides is 1. The summed E-state index contributed by atoms with van der Waals surface area (Å²) in [4.78, 5) is 13.8. The molecule has 0 saturated carbocycles. The van der Waals surface area contributed by atoms with Crippen LogP contribution in [0.3, 0.4) is 0 Å². The molecule has 0 radical (unpaired) electrons. The second-order valence-electron chi connectivity index (χ2n) is 4.14. The van der Waals surface area contributed by atoms with Crippen molar-refractivity contribution < 1.29 is 9.53 Å². The molecule has 0 bridgehead atoms. The van der Waals surface area contributed by atoms with Gasteiger partial charge in [-0.2, -0.15) is 0 Å².